The van der Waals surface area contributed by atoms with Gasteiger partial charge in [-0.3, -0.25) is 0 Å². The van der Waals surface area contributed by atoms with Crippen LogP contribution in [0.4, 0.5) is 0 Å². The van der Waals surface area contributed by atoms with E-state index in [9.17, 15) is 0 Å². The third kappa shape index (κ3) is 6.56. The molecule has 59 heavy (non-hydrogen) atoms. The molecule has 0 saturated heterocycles. The van der Waals surface area contributed by atoms with Gasteiger partial charge in [0.05, 0.1) is 0 Å². The number of aromatic nitrogens is 6. The Morgan fingerprint density at radius 1 is 0.271 bits per heavy atom. The summed E-state index contributed by atoms with van der Waals surface area (Å²) in [7, 11) is 0. The van der Waals surface area contributed by atoms with Crippen LogP contribution in [-0.2, 0) is 0 Å². The van der Waals surface area contributed by atoms with Gasteiger partial charge < -0.3 is 4.42 Å². The van der Waals surface area contributed by atoms with Gasteiger partial charge in [-0.1, -0.05) is 152 Å². The van der Waals surface area contributed by atoms with Gasteiger partial charge in [-0.15, -0.1) is 0 Å². The molecule has 8 aromatic carbocycles. The molecule has 11 aromatic rings. The average molecular weight is 757 g/mol. The molecule has 276 valence electrons. The molecule has 0 aliphatic rings. The summed E-state index contributed by atoms with van der Waals surface area (Å²) >= 11 is 0. The molecular formula is C52H32N6O. The molecule has 7 nitrogen and oxygen atoms in total. The smallest absolute Gasteiger partial charge is 0.164 e. The summed E-state index contributed by atoms with van der Waals surface area (Å²) in [5, 5.41) is 4.58. The lowest BCUT2D eigenvalue weighted by atomic mass is 10.00. The lowest BCUT2D eigenvalue weighted by Crippen LogP contribution is -2.00. The first kappa shape index (κ1) is 34.1. The van der Waals surface area contributed by atoms with E-state index in [0.29, 0.717) is 29.1 Å². The molecule has 7 heteroatoms. The van der Waals surface area contributed by atoms with E-state index in [-0.39, 0.29) is 0 Å². The second-order valence-electron chi connectivity index (χ2n) is 14.4. The molecular weight excluding hydrogens is 725 g/mol. The van der Waals surface area contributed by atoms with Gasteiger partial charge in [0.1, 0.15) is 17.5 Å². The molecule has 0 radical (unpaired) electrons. The average Bonchev–Trinajstić information content (AvgIpc) is 3.70. The first-order valence-electron chi connectivity index (χ1n) is 19.4. The molecule has 0 fully saturated rings. The zero-order valence-corrected chi connectivity index (χ0v) is 31.6. The van der Waals surface area contributed by atoms with Crippen LogP contribution < -0.4 is 0 Å². The monoisotopic (exact) mass is 756 g/mol. The first-order chi connectivity index (χ1) is 29.2. The van der Waals surface area contributed by atoms with Crippen molar-refractivity contribution in [3.05, 3.63) is 194 Å². The predicted octanol–water partition coefficient (Wildman–Crippen LogP) is 12.8. The highest BCUT2D eigenvalue weighted by atomic mass is 16.3. The number of rotatable bonds is 7. The van der Waals surface area contributed by atoms with Crippen LogP contribution >= 0.6 is 0 Å². The van der Waals surface area contributed by atoms with E-state index in [2.05, 4.69) is 113 Å². The SMILES string of the molecule is c1ccc(-c2nc(-c3cccc(-c4cccc(-c5ncnc(-c6ccc(-c7ccc8ccccc8c7)cc6)n5)c4)c3)nc(-c3ccc4c(c3)oc3ccccc34)n2)cc1. The van der Waals surface area contributed by atoms with E-state index in [4.69, 9.17) is 24.4 Å². The van der Waals surface area contributed by atoms with Crippen LogP contribution in [0.2, 0.25) is 0 Å². The molecule has 3 aromatic heterocycles. The largest absolute Gasteiger partial charge is 0.456 e. The first-order valence-corrected chi connectivity index (χ1v) is 19.4. The van der Waals surface area contributed by atoms with Gasteiger partial charge >= 0.3 is 0 Å². The van der Waals surface area contributed by atoms with E-state index in [1.54, 1.807) is 6.33 Å². The maximum Gasteiger partial charge on any atom is 0.164 e. The highest BCUT2D eigenvalue weighted by molar-refractivity contribution is 6.05. The van der Waals surface area contributed by atoms with Gasteiger partial charge in [-0.05, 0) is 69.4 Å². The molecule has 0 amide bonds. The number of furan rings is 1. The zero-order valence-electron chi connectivity index (χ0n) is 31.6. The van der Waals surface area contributed by atoms with Gasteiger partial charge in [0, 0.05) is 38.6 Å². The van der Waals surface area contributed by atoms with Gasteiger partial charge in [-0.25, -0.2) is 29.9 Å². The zero-order chi connectivity index (χ0) is 39.1. The van der Waals surface area contributed by atoms with E-state index >= 15 is 0 Å². The maximum absolute atomic E-state index is 6.23. The van der Waals surface area contributed by atoms with Crippen LogP contribution in [-0.4, -0.2) is 29.9 Å². The summed E-state index contributed by atoms with van der Waals surface area (Å²) in [5.74, 6) is 2.95. The van der Waals surface area contributed by atoms with Crippen molar-refractivity contribution in [1.82, 2.24) is 29.9 Å². The Kier molecular flexibility index (Phi) is 8.33. The summed E-state index contributed by atoms with van der Waals surface area (Å²) in [6.07, 6.45) is 1.58. The van der Waals surface area contributed by atoms with Crippen molar-refractivity contribution in [2.24, 2.45) is 0 Å². The second kappa shape index (κ2) is 14.4. The summed E-state index contributed by atoms with van der Waals surface area (Å²) in [6, 6.07) is 64.1. The molecule has 11 rings (SSSR count). The Labute approximate surface area is 339 Å². The minimum absolute atomic E-state index is 0.567. The number of nitrogens with zero attached hydrogens (tertiary/aromatic N) is 6. The summed E-state index contributed by atoms with van der Waals surface area (Å²) < 4.78 is 6.23. The molecule has 0 bridgehead atoms. The minimum atomic E-state index is 0.567. The topological polar surface area (TPSA) is 90.5 Å². The Balaban J connectivity index is 0.914. The molecule has 0 aliphatic heterocycles. The molecule has 0 atom stereocenters. The standard InChI is InChI=1S/C52H32N6O/c1-2-11-35(12-3-1)50-56-51(58-52(57-50)43-26-27-45-44-18-6-7-19-46(44)59-47(45)31-43)42-17-9-15-39(30-42)38-14-8-16-41(29-38)49-54-32-53-48(55-49)36-23-20-34(21-24-36)40-25-22-33-10-4-5-13-37(33)28-40/h1-32H. The number of para-hydroxylation sites is 1. The van der Waals surface area contributed by atoms with Crippen molar-refractivity contribution in [2.45, 2.75) is 0 Å². The van der Waals surface area contributed by atoms with Gasteiger partial charge in [-0.2, -0.15) is 0 Å². The number of fused-ring (bicyclic) bond motifs is 4. The quantitative estimate of drug-likeness (QED) is 0.160. The van der Waals surface area contributed by atoms with Crippen LogP contribution in [0.25, 0.3) is 112 Å². The normalized spacial score (nSPS) is 11.4. The van der Waals surface area contributed by atoms with Crippen LogP contribution in [0.15, 0.2) is 199 Å². The van der Waals surface area contributed by atoms with E-state index in [0.717, 1.165) is 66.4 Å². The summed E-state index contributed by atoms with van der Waals surface area (Å²) in [5.41, 5.74) is 10.4. The molecule has 0 aliphatic carbocycles. The van der Waals surface area contributed by atoms with Gasteiger partial charge in [0.2, 0.25) is 0 Å². The number of hydrogen-bond acceptors (Lipinski definition) is 7. The van der Waals surface area contributed by atoms with Crippen LogP contribution in [0, 0.1) is 0 Å². The fourth-order valence-corrected chi connectivity index (χ4v) is 7.65. The van der Waals surface area contributed by atoms with Crippen LogP contribution in [0.1, 0.15) is 0 Å². The van der Waals surface area contributed by atoms with Crippen molar-refractivity contribution >= 4 is 32.7 Å². The lowest BCUT2D eigenvalue weighted by molar-refractivity contribution is 0.669. The lowest BCUT2D eigenvalue weighted by Gasteiger charge is -2.10. The Hall–Kier alpha value is -8.16. The summed E-state index contributed by atoms with van der Waals surface area (Å²) in [6.45, 7) is 0. The maximum atomic E-state index is 6.23. The van der Waals surface area contributed by atoms with Crippen molar-refractivity contribution in [1.29, 1.82) is 0 Å². The molecule has 3 heterocycles. The summed E-state index contributed by atoms with van der Waals surface area (Å²) in [4.78, 5) is 29.0. The van der Waals surface area contributed by atoms with Crippen molar-refractivity contribution in [3.63, 3.8) is 0 Å². The van der Waals surface area contributed by atoms with Crippen molar-refractivity contribution in [2.75, 3.05) is 0 Å². The highest BCUT2D eigenvalue weighted by Crippen LogP contribution is 2.34. The van der Waals surface area contributed by atoms with E-state index in [1.165, 1.54) is 16.3 Å². The molecule has 0 spiro atoms. The highest BCUT2D eigenvalue weighted by Gasteiger charge is 2.16. The Bertz CT molecular complexity index is 3340. The van der Waals surface area contributed by atoms with Gasteiger partial charge in [0.25, 0.3) is 0 Å². The fraction of sp³-hybridized carbons (Fsp3) is 0. The minimum Gasteiger partial charge on any atom is -0.456 e. The Morgan fingerprint density at radius 2 is 0.746 bits per heavy atom. The van der Waals surface area contributed by atoms with Crippen LogP contribution in [0.5, 0.6) is 0 Å². The number of hydrogen-bond donors (Lipinski definition) is 0. The van der Waals surface area contributed by atoms with E-state index < -0.39 is 0 Å². The second-order valence-corrected chi connectivity index (χ2v) is 14.4. The third-order valence-electron chi connectivity index (χ3n) is 10.7. The molecule has 0 unspecified atom stereocenters. The van der Waals surface area contributed by atoms with Crippen molar-refractivity contribution < 1.29 is 4.42 Å². The number of benzene rings is 8. The molecule has 0 N–H and O–H groups in total. The predicted molar refractivity (Wildman–Crippen MR) is 236 cm³/mol. The third-order valence-corrected chi connectivity index (χ3v) is 10.7. The fourth-order valence-electron chi connectivity index (χ4n) is 7.65. The Morgan fingerprint density at radius 3 is 1.51 bits per heavy atom. The van der Waals surface area contributed by atoms with E-state index in [1.807, 2.05) is 84.9 Å². The van der Waals surface area contributed by atoms with Crippen molar-refractivity contribution in [3.8, 4) is 79.2 Å². The molecule has 0 saturated carbocycles. The van der Waals surface area contributed by atoms with Crippen LogP contribution in [0.3, 0.4) is 0 Å². The van der Waals surface area contributed by atoms with Gasteiger partial charge in [0.15, 0.2) is 29.1 Å².